The summed E-state index contributed by atoms with van der Waals surface area (Å²) in [6.45, 7) is 4.00. The maximum Gasteiger partial charge on any atom is 0.260 e. The number of benzene rings is 4. The lowest BCUT2D eigenvalue weighted by atomic mass is 9.49. The smallest absolute Gasteiger partial charge is 0.260 e. The van der Waals surface area contributed by atoms with Gasteiger partial charge in [-0.2, -0.15) is 5.01 Å². The summed E-state index contributed by atoms with van der Waals surface area (Å²) in [5, 5.41) is 13.0. The SMILES string of the molecule is CCc1ccc(N2C(=O)C3CC=C4C(CC5C(=O)N(Nc6ccc(C)cc6)C(=O)C5(c5ccccc5)C4c4cc(Cl)ccc4O)C3C2=O)cc1. The third kappa shape index (κ3) is 4.65. The van der Waals surface area contributed by atoms with Gasteiger partial charge in [0.25, 0.3) is 11.8 Å². The lowest BCUT2D eigenvalue weighted by molar-refractivity contribution is -0.138. The number of rotatable bonds is 6. The summed E-state index contributed by atoms with van der Waals surface area (Å²) in [6, 6.07) is 28.8. The minimum absolute atomic E-state index is 0.0752. The number of phenolic OH excluding ortho intramolecular Hbond substituents is 1. The van der Waals surface area contributed by atoms with Crippen molar-refractivity contribution < 1.29 is 24.3 Å². The molecule has 4 aliphatic rings. The highest BCUT2D eigenvalue weighted by atomic mass is 35.5. The second kappa shape index (κ2) is 12.0. The van der Waals surface area contributed by atoms with Crippen molar-refractivity contribution in [3.63, 3.8) is 0 Å². The van der Waals surface area contributed by atoms with Crippen LogP contribution in [-0.2, 0) is 31.0 Å². The molecule has 4 aromatic rings. The molecule has 0 bridgehead atoms. The van der Waals surface area contributed by atoms with Crippen molar-refractivity contribution in [2.75, 3.05) is 10.3 Å². The Kier molecular flexibility index (Phi) is 7.68. The molecule has 6 atom stereocenters. The van der Waals surface area contributed by atoms with E-state index in [1.807, 2.05) is 98.8 Å². The van der Waals surface area contributed by atoms with E-state index in [0.29, 0.717) is 27.5 Å². The Hall–Kier alpha value is -5.21. The van der Waals surface area contributed by atoms with E-state index >= 15 is 4.79 Å². The first-order chi connectivity index (χ1) is 24.1. The number of nitrogens with zero attached hydrogens (tertiary/aromatic N) is 2. The molecule has 0 spiro atoms. The number of anilines is 2. The minimum Gasteiger partial charge on any atom is -0.508 e. The lowest BCUT2D eigenvalue weighted by Crippen LogP contribution is -2.53. The van der Waals surface area contributed by atoms with Crippen LogP contribution in [0.3, 0.4) is 0 Å². The monoisotopic (exact) mass is 685 g/mol. The number of carbonyl (C=O) groups excluding carboxylic acids is 4. The molecule has 2 aliphatic carbocycles. The number of imide groups is 2. The van der Waals surface area contributed by atoms with Gasteiger partial charge < -0.3 is 5.11 Å². The van der Waals surface area contributed by atoms with E-state index in [4.69, 9.17) is 11.6 Å². The molecule has 9 heteroatoms. The summed E-state index contributed by atoms with van der Waals surface area (Å²) in [4.78, 5) is 59.8. The summed E-state index contributed by atoms with van der Waals surface area (Å²) >= 11 is 6.59. The molecule has 1 saturated carbocycles. The predicted molar refractivity (Wildman–Crippen MR) is 190 cm³/mol. The number of amides is 4. The van der Waals surface area contributed by atoms with Crippen LogP contribution in [0.2, 0.25) is 5.02 Å². The van der Waals surface area contributed by atoms with Crippen LogP contribution in [0.4, 0.5) is 11.4 Å². The van der Waals surface area contributed by atoms with E-state index in [1.165, 1.54) is 11.0 Å². The second-order valence-electron chi connectivity index (χ2n) is 13.8. The quantitative estimate of drug-likeness (QED) is 0.166. The summed E-state index contributed by atoms with van der Waals surface area (Å²) in [5.41, 5.74) is 6.58. The van der Waals surface area contributed by atoms with Crippen molar-refractivity contribution in [3.8, 4) is 5.75 Å². The number of aryl methyl sites for hydroxylation is 2. The van der Waals surface area contributed by atoms with Crippen molar-refractivity contribution >= 4 is 46.6 Å². The Morgan fingerprint density at radius 3 is 2.28 bits per heavy atom. The van der Waals surface area contributed by atoms with Gasteiger partial charge >= 0.3 is 0 Å². The van der Waals surface area contributed by atoms with Gasteiger partial charge in [0.05, 0.1) is 34.5 Å². The zero-order chi connectivity index (χ0) is 34.9. The van der Waals surface area contributed by atoms with Crippen LogP contribution in [0.5, 0.6) is 5.75 Å². The molecule has 4 amide bonds. The van der Waals surface area contributed by atoms with Crippen molar-refractivity contribution in [2.24, 2.45) is 23.7 Å². The van der Waals surface area contributed by atoms with Gasteiger partial charge in [0.1, 0.15) is 5.75 Å². The summed E-state index contributed by atoms with van der Waals surface area (Å²) in [7, 11) is 0. The highest BCUT2D eigenvalue weighted by Gasteiger charge is 2.70. The fraction of sp³-hybridized carbons (Fsp3) is 0.268. The average molecular weight is 686 g/mol. The maximum atomic E-state index is 15.2. The van der Waals surface area contributed by atoms with Gasteiger partial charge in [0.15, 0.2) is 0 Å². The van der Waals surface area contributed by atoms with Crippen molar-refractivity contribution in [2.45, 2.75) is 44.4 Å². The standard InChI is InChI=1S/C41H36ClN3O5/c1-3-24-11-16-28(17-12-24)44-37(47)30-19-18-29-31(35(30)39(44)49)22-33-38(48)45(43-27-14-9-23(2)10-15-27)40(50)41(33,25-7-5-4-6-8-25)36(29)32-21-26(42)13-20-34(32)46/h4-18,20-21,30-31,33,35-36,43,46H,3,19,22H2,1-2H3. The number of aromatic hydroxyl groups is 1. The van der Waals surface area contributed by atoms with Crippen molar-refractivity contribution in [1.29, 1.82) is 0 Å². The fourth-order valence-corrected chi connectivity index (χ4v) is 9.16. The number of allylic oxidation sites excluding steroid dienone is 2. The lowest BCUT2D eigenvalue weighted by Gasteiger charge is -2.50. The van der Waals surface area contributed by atoms with E-state index in [9.17, 15) is 19.5 Å². The van der Waals surface area contributed by atoms with Gasteiger partial charge in [-0.25, -0.2) is 0 Å². The zero-order valence-electron chi connectivity index (χ0n) is 27.7. The summed E-state index contributed by atoms with van der Waals surface area (Å²) < 4.78 is 0. The van der Waals surface area contributed by atoms with Crippen LogP contribution in [-0.4, -0.2) is 33.7 Å². The number of carbonyl (C=O) groups is 4. The summed E-state index contributed by atoms with van der Waals surface area (Å²) in [5.74, 6) is -5.25. The van der Waals surface area contributed by atoms with Crippen LogP contribution in [0.1, 0.15) is 47.9 Å². The van der Waals surface area contributed by atoms with E-state index < -0.39 is 46.8 Å². The molecule has 4 aromatic carbocycles. The first-order valence-electron chi connectivity index (χ1n) is 17.1. The maximum absolute atomic E-state index is 15.2. The molecule has 252 valence electrons. The van der Waals surface area contributed by atoms with Crippen LogP contribution >= 0.6 is 11.6 Å². The molecule has 6 unspecified atom stereocenters. The molecule has 8 rings (SSSR count). The average Bonchev–Trinajstić information content (AvgIpc) is 3.51. The van der Waals surface area contributed by atoms with Crippen LogP contribution in [0.25, 0.3) is 0 Å². The Balaban J connectivity index is 1.31. The number of phenols is 1. The van der Waals surface area contributed by atoms with E-state index in [-0.39, 0.29) is 30.4 Å². The van der Waals surface area contributed by atoms with Crippen molar-refractivity contribution in [1.82, 2.24) is 5.01 Å². The Labute approximate surface area is 295 Å². The van der Waals surface area contributed by atoms with E-state index in [2.05, 4.69) is 5.43 Å². The van der Waals surface area contributed by atoms with Crippen LogP contribution in [0.15, 0.2) is 109 Å². The number of nitrogens with one attached hydrogen (secondary N) is 1. The fourth-order valence-electron chi connectivity index (χ4n) is 8.98. The summed E-state index contributed by atoms with van der Waals surface area (Å²) in [6.07, 6.45) is 3.25. The topological polar surface area (TPSA) is 107 Å². The van der Waals surface area contributed by atoms with Gasteiger partial charge in [-0.3, -0.25) is 29.5 Å². The number of fused-ring (bicyclic) bond motifs is 4. The predicted octanol–water partition coefficient (Wildman–Crippen LogP) is 7.11. The third-order valence-corrected chi connectivity index (χ3v) is 11.5. The molecule has 8 nitrogen and oxygen atoms in total. The van der Waals surface area contributed by atoms with Gasteiger partial charge in [-0.15, -0.1) is 0 Å². The number of hydrogen-bond acceptors (Lipinski definition) is 6. The molecule has 2 heterocycles. The molecule has 2 N–H and O–H groups in total. The molecule has 0 aromatic heterocycles. The normalized spacial score (nSPS) is 27.2. The van der Waals surface area contributed by atoms with Gasteiger partial charge in [-0.05, 0) is 85.7 Å². The number of halogens is 1. The van der Waals surface area contributed by atoms with E-state index in [1.54, 1.807) is 12.1 Å². The van der Waals surface area contributed by atoms with E-state index in [0.717, 1.165) is 28.1 Å². The van der Waals surface area contributed by atoms with Crippen LogP contribution in [0, 0.1) is 30.6 Å². The van der Waals surface area contributed by atoms with Gasteiger partial charge in [0, 0.05) is 16.5 Å². The Bertz CT molecular complexity index is 2080. The molecule has 50 heavy (non-hydrogen) atoms. The molecular formula is C41H36ClN3O5. The first-order valence-corrected chi connectivity index (χ1v) is 17.4. The highest BCUT2D eigenvalue weighted by Crippen LogP contribution is 2.65. The number of hydrogen-bond donors (Lipinski definition) is 2. The zero-order valence-corrected chi connectivity index (χ0v) is 28.4. The molecule has 3 fully saturated rings. The molecule has 2 aliphatic heterocycles. The van der Waals surface area contributed by atoms with Crippen molar-refractivity contribution in [3.05, 3.63) is 136 Å². The van der Waals surface area contributed by atoms with Gasteiger partial charge in [-0.1, -0.05) is 90.3 Å². The third-order valence-electron chi connectivity index (χ3n) is 11.3. The molecular weight excluding hydrogens is 650 g/mol. The second-order valence-corrected chi connectivity index (χ2v) is 14.3. The minimum atomic E-state index is -1.49. The Morgan fingerprint density at radius 2 is 1.58 bits per heavy atom. The Morgan fingerprint density at radius 1 is 0.860 bits per heavy atom. The number of hydrazine groups is 1. The molecule has 2 saturated heterocycles. The molecule has 0 radical (unpaired) electrons. The largest absolute Gasteiger partial charge is 0.508 e. The van der Waals surface area contributed by atoms with Gasteiger partial charge in [0.2, 0.25) is 11.8 Å². The first kappa shape index (κ1) is 32.0. The van der Waals surface area contributed by atoms with Crippen LogP contribution < -0.4 is 10.3 Å². The highest BCUT2D eigenvalue weighted by molar-refractivity contribution is 6.30.